The topological polar surface area (TPSA) is 28.2 Å². The molecule has 106 valence electrons. The van der Waals surface area contributed by atoms with Crippen LogP contribution in [0.2, 0.25) is 0 Å². The molecule has 1 saturated carbocycles. The van der Waals surface area contributed by atoms with Crippen LogP contribution in [-0.4, -0.2) is 24.6 Å². The molecule has 3 heteroatoms. The summed E-state index contributed by atoms with van der Waals surface area (Å²) in [4.78, 5) is 7.21. The first kappa shape index (κ1) is 14.3. The molecule has 0 radical (unpaired) electrons. The van der Waals surface area contributed by atoms with E-state index in [0.717, 1.165) is 37.1 Å². The van der Waals surface area contributed by atoms with E-state index >= 15 is 0 Å². The Kier molecular flexibility index (Phi) is 5.64. The second-order valence-corrected chi connectivity index (χ2v) is 5.50. The number of hydrogen-bond donors (Lipinski definition) is 1. The van der Waals surface area contributed by atoms with Crippen LogP contribution < -0.4 is 10.2 Å². The van der Waals surface area contributed by atoms with Gasteiger partial charge in [0.1, 0.15) is 5.82 Å². The molecule has 1 N–H and O–H groups in total. The predicted octanol–water partition coefficient (Wildman–Crippen LogP) is 3.21. The van der Waals surface area contributed by atoms with Gasteiger partial charge in [0.2, 0.25) is 0 Å². The van der Waals surface area contributed by atoms with Crippen molar-refractivity contribution in [3.8, 4) is 0 Å². The lowest BCUT2D eigenvalue weighted by Crippen LogP contribution is -2.33. The Bertz CT molecular complexity index is 374. The zero-order valence-electron chi connectivity index (χ0n) is 12.4. The molecule has 19 heavy (non-hydrogen) atoms. The third kappa shape index (κ3) is 4.20. The first-order valence-corrected chi connectivity index (χ1v) is 7.75. The lowest BCUT2D eigenvalue weighted by Gasteiger charge is -2.32. The highest BCUT2D eigenvalue weighted by Gasteiger charge is 2.20. The summed E-state index contributed by atoms with van der Waals surface area (Å²) < 4.78 is 0. The van der Waals surface area contributed by atoms with Crippen molar-refractivity contribution >= 4 is 5.82 Å². The number of nitrogens with zero attached hydrogens (tertiary/aromatic N) is 2. The number of hydrogen-bond acceptors (Lipinski definition) is 3. The Morgan fingerprint density at radius 3 is 2.79 bits per heavy atom. The van der Waals surface area contributed by atoms with Crippen LogP contribution in [-0.2, 0) is 6.54 Å². The van der Waals surface area contributed by atoms with Crippen LogP contribution in [0.25, 0.3) is 0 Å². The zero-order chi connectivity index (χ0) is 13.5. The maximum atomic E-state index is 4.79. The van der Waals surface area contributed by atoms with E-state index in [9.17, 15) is 0 Å². The summed E-state index contributed by atoms with van der Waals surface area (Å²) in [5.74, 6) is 2.04. The monoisotopic (exact) mass is 261 g/mol. The van der Waals surface area contributed by atoms with Gasteiger partial charge in [-0.15, -0.1) is 0 Å². The Labute approximate surface area is 117 Å². The number of pyridine rings is 1. The Balaban J connectivity index is 1.94. The van der Waals surface area contributed by atoms with Crippen molar-refractivity contribution in [1.29, 1.82) is 0 Å². The van der Waals surface area contributed by atoms with Gasteiger partial charge < -0.3 is 10.2 Å². The summed E-state index contributed by atoms with van der Waals surface area (Å²) in [6.45, 7) is 8.58. The van der Waals surface area contributed by atoms with Crippen LogP contribution in [0.15, 0.2) is 18.2 Å². The minimum absolute atomic E-state index is 0.878. The fourth-order valence-corrected chi connectivity index (χ4v) is 2.51. The normalized spacial score (nSPS) is 15.3. The minimum atomic E-state index is 0.878. The highest BCUT2D eigenvalue weighted by molar-refractivity contribution is 5.39. The minimum Gasteiger partial charge on any atom is -0.357 e. The summed E-state index contributed by atoms with van der Waals surface area (Å²) in [5, 5.41) is 3.42. The smallest absolute Gasteiger partial charge is 0.128 e. The van der Waals surface area contributed by atoms with E-state index in [2.05, 4.69) is 42.3 Å². The molecular formula is C16H27N3. The van der Waals surface area contributed by atoms with E-state index in [1.165, 1.54) is 32.2 Å². The molecule has 1 aliphatic carbocycles. The van der Waals surface area contributed by atoms with Gasteiger partial charge >= 0.3 is 0 Å². The molecule has 0 aromatic carbocycles. The fourth-order valence-electron chi connectivity index (χ4n) is 2.51. The number of rotatable bonds is 8. The Morgan fingerprint density at radius 1 is 1.32 bits per heavy atom. The molecule has 1 aromatic rings. The highest BCUT2D eigenvalue weighted by atomic mass is 15.2. The molecule has 3 nitrogen and oxygen atoms in total. The van der Waals surface area contributed by atoms with Gasteiger partial charge in [-0.1, -0.05) is 19.4 Å². The van der Waals surface area contributed by atoms with Crippen LogP contribution in [0.1, 0.15) is 45.2 Å². The van der Waals surface area contributed by atoms with E-state index in [0.29, 0.717) is 0 Å². The molecule has 0 aliphatic heterocycles. The van der Waals surface area contributed by atoms with Crippen molar-refractivity contribution in [1.82, 2.24) is 10.3 Å². The second-order valence-electron chi connectivity index (χ2n) is 5.50. The molecule has 1 aromatic heterocycles. The Morgan fingerprint density at radius 2 is 2.16 bits per heavy atom. The molecule has 0 bridgehead atoms. The van der Waals surface area contributed by atoms with Crippen LogP contribution in [0, 0.1) is 5.92 Å². The first-order valence-electron chi connectivity index (χ1n) is 7.75. The molecule has 0 atom stereocenters. The lowest BCUT2D eigenvalue weighted by atomic mass is 9.85. The van der Waals surface area contributed by atoms with Crippen LogP contribution >= 0.6 is 0 Å². The number of aromatic nitrogens is 1. The van der Waals surface area contributed by atoms with Crippen LogP contribution in [0.3, 0.4) is 0 Å². The van der Waals surface area contributed by atoms with E-state index in [1.807, 2.05) is 0 Å². The summed E-state index contributed by atoms with van der Waals surface area (Å²) in [7, 11) is 0. The van der Waals surface area contributed by atoms with Crippen LogP contribution in [0.4, 0.5) is 5.82 Å². The van der Waals surface area contributed by atoms with Gasteiger partial charge in [-0.25, -0.2) is 4.98 Å². The standard InChI is InChI=1S/C16H27N3/c1-3-11-17-12-15-9-6-10-16(18-15)19(4-2)13-14-7-5-8-14/h6,9-10,14,17H,3-5,7-8,11-13H2,1-2H3. The zero-order valence-corrected chi connectivity index (χ0v) is 12.4. The van der Waals surface area contributed by atoms with E-state index in [-0.39, 0.29) is 0 Å². The fraction of sp³-hybridized carbons (Fsp3) is 0.688. The summed E-state index contributed by atoms with van der Waals surface area (Å²) >= 11 is 0. The molecule has 2 rings (SSSR count). The van der Waals surface area contributed by atoms with E-state index in [4.69, 9.17) is 4.98 Å². The Hall–Kier alpha value is -1.09. The largest absolute Gasteiger partial charge is 0.357 e. The second kappa shape index (κ2) is 7.49. The van der Waals surface area contributed by atoms with Crippen LogP contribution in [0.5, 0.6) is 0 Å². The molecule has 0 amide bonds. The molecule has 0 saturated heterocycles. The van der Waals surface area contributed by atoms with Crippen molar-refractivity contribution in [3.63, 3.8) is 0 Å². The number of nitrogens with one attached hydrogen (secondary N) is 1. The third-order valence-electron chi connectivity index (χ3n) is 3.93. The third-order valence-corrected chi connectivity index (χ3v) is 3.93. The maximum Gasteiger partial charge on any atom is 0.128 e. The lowest BCUT2D eigenvalue weighted by molar-refractivity contribution is 0.318. The summed E-state index contributed by atoms with van der Waals surface area (Å²) in [5.41, 5.74) is 1.15. The van der Waals surface area contributed by atoms with Gasteiger partial charge in [-0.2, -0.15) is 0 Å². The van der Waals surface area contributed by atoms with Crippen molar-refractivity contribution in [2.24, 2.45) is 5.92 Å². The van der Waals surface area contributed by atoms with Crippen molar-refractivity contribution < 1.29 is 0 Å². The molecule has 0 spiro atoms. The SMILES string of the molecule is CCCNCc1cccc(N(CC)CC2CCC2)n1. The van der Waals surface area contributed by atoms with E-state index < -0.39 is 0 Å². The predicted molar refractivity (Wildman–Crippen MR) is 81.5 cm³/mol. The van der Waals surface area contributed by atoms with Crippen molar-refractivity contribution in [2.75, 3.05) is 24.5 Å². The van der Waals surface area contributed by atoms with E-state index in [1.54, 1.807) is 0 Å². The maximum absolute atomic E-state index is 4.79. The average Bonchev–Trinajstić information content (AvgIpc) is 2.38. The first-order chi connectivity index (χ1) is 9.33. The molecule has 1 fully saturated rings. The quantitative estimate of drug-likeness (QED) is 0.728. The van der Waals surface area contributed by atoms with Gasteiger partial charge in [0.15, 0.2) is 0 Å². The molecular weight excluding hydrogens is 234 g/mol. The summed E-state index contributed by atoms with van der Waals surface area (Å²) in [6.07, 6.45) is 5.38. The summed E-state index contributed by atoms with van der Waals surface area (Å²) in [6, 6.07) is 6.39. The molecule has 1 heterocycles. The van der Waals surface area contributed by atoms with Crippen molar-refractivity contribution in [3.05, 3.63) is 23.9 Å². The van der Waals surface area contributed by atoms with Crippen molar-refractivity contribution in [2.45, 2.75) is 46.1 Å². The molecule has 0 unspecified atom stereocenters. The van der Waals surface area contributed by atoms with Gasteiger partial charge in [-0.05, 0) is 50.8 Å². The average molecular weight is 261 g/mol. The van der Waals surface area contributed by atoms with Gasteiger partial charge in [0.25, 0.3) is 0 Å². The molecule has 1 aliphatic rings. The van der Waals surface area contributed by atoms with Gasteiger partial charge in [0.05, 0.1) is 5.69 Å². The van der Waals surface area contributed by atoms with Gasteiger partial charge in [0, 0.05) is 19.6 Å². The highest BCUT2D eigenvalue weighted by Crippen LogP contribution is 2.28. The van der Waals surface area contributed by atoms with Gasteiger partial charge in [-0.3, -0.25) is 0 Å². The number of anilines is 1.